The highest BCUT2D eigenvalue weighted by Gasteiger charge is 2.20. The summed E-state index contributed by atoms with van der Waals surface area (Å²) in [4.78, 5) is 17.3. The minimum atomic E-state index is 0. The fourth-order valence-corrected chi connectivity index (χ4v) is 2.07. The molecule has 0 aromatic carbocycles. The number of hydrogen-bond acceptors (Lipinski definition) is 4. The van der Waals surface area contributed by atoms with Gasteiger partial charge in [-0.05, 0) is 6.07 Å². The van der Waals surface area contributed by atoms with Crippen molar-refractivity contribution in [3.05, 3.63) is 31.1 Å². The van der Waals surface area contributed by atoms with Crippen LogP contribution >= 0.6 is 24.0 Å². The van der Waals surface area contributed by atoms with Crippen molar-refractivity contribution in [3.63, 3.8) is 0 Å². The summed E-state index contributed by atoms with van der Waals surface area (Å²) in [6, 6.07) is 1.83. The van der Waals surface area contributed by atoms with E-state index in [1.165, 1.54) is 0 Å². The average Bonchev–Trinajstić information content (AvgIpc) is 2.49. The molecule has 2 heterocycles. The number of aromatic nitrogens is 2. The number of nitrogens with one attached hydrogen (secondary N) is 1. The number of halogens is 1. The van der Waals surface area contributed by atoms with Crippen molar-refractivity contribution in [1.29, 1.82) is 0 Å². The minimum Gasteiger partial charge on any atom is -0.353 e. The molecule has 0 bridgehead atoms. The molecule has 6 nitrogen and oxygen atoms in total. The van der Waals surface area contributed by atoms with Gasteiger partial charge in [-0.25, -0.2) is 9.97 Å². The summed E-state index contributed by atoms with van der Waals surface area (Å²) < 4.78 is 0. The molecule has 0 aliphatic carbocycles. The van der Waals surface area contributed by atoms with Crippen LogP contribution in [0.2, 0.25) is 0 Å². The first-order valence-electron chi connectivity index (χ1n) is 6.43. The van der Waals surface area contributed by atoms with Crippen LogP contribution in [0, 0.1) is 0 Å². The molecule has 110 valence electrons. The number of aliphatic imine (C=N–C) groups is 1. The second kappa shape index (κ2) is 8.72. The van der Waals surface area contributed by atoms with Crippen LogP contribution in [-0.4, -0.2) is 60.6 Å². The summed E-state index contributed by atoms with van der Waals surface area (Å²) in [6.45, 7) is 8.06. The number of rotatable bonds is 3. The standard InChI is InChI=1S/C13H20N6.HI/c1-3-5-15-12(14-2)18-8-10-19(11-9-18)13-16-6-4-7-17-13;/h3-4,6-7H,1,5,8-11H2,2H3,(H,14,15);1H. The number of piperazine rings is 1. The Labute approximate surface area is 137 Å². The Kier molecular flexibility index (Phi) is 7.27. The second-order valence-corrected chi connectivity index (χ2v) is 4.24. The fourth-order valence-electron chi connectivity index (χ4n) is 2.07. The Morgan fingerprint density at radius 3 is 2.55 bits per heavy atom. The largest absolute Gasteiger partial charge is 0.353 e. The van der Waals surface area contributed by atoms with Crippen LogP contribution in [0.1, 0.15) is 0 Å². The van der Waals surface area contributed by atoms with Crippen molar-refractivity contribution in [3.8, 4) is 0 Å². The molecule has 1 fully saturated rings. The molecule has 2 rings (SSSR count). The van der Waals surface area contributed by atoms with Gasteiger partial charge >= 0.3 is 0 Å². The number of guanidine groups is 1. The van der Waals surface area contributed by atoms with E-state index in [0.29, 0.717) is 0 Å². The van der Waals surface area contributed by atoms with Crippen LogP contribution in [0.3, 0.4) is 0 Å². The zero-order valence-corrected chi connectivity index (χ0v) is 14.0. The first-order chi connectivity index (χ1) is 9.35. The smallest absolute Gasteiger partial charge is 0.225 e. The SMILES string of the molecule is C=CCNC(=NC)N1CCN(c2ncccn2)CC1.I. The normalized spacial score (nSPS) is 15.6. The van der Waals surface area contributed by atoms with Crippen molar-refractivity contribution in [2.24, 2.45) is 4.99 Å². The van der Waals surface area contributed by atoms with Gasteiger partial charge in [-0.2, -0.15) is 0 Å². The third kappa shape index (κ3) is 4.32. The molecular weight excluding hydrogens is 367 g/mol. The molecule has 0 saturated carbocycles. The summed E-state index contributed by atoms with van der Waals surface area (Å²) in [6.07, 6.45) is 5.39. The Hall–Kier alpha value is -1.38. The molecule has 0 amide bonds. The monoisotopic (exact) mass is 388 g/mol. The van der Waals surface area contributed by atoms with E-state index in [1.807, 2.05) is 12.1 Å². The Morgan fingerprint density at radius 1 is 1.35 bits per heavy atom. The van der Waals surface area contributed by atoms with Crippen LogP contribution in [0.4, 0.5) is 5.95 Å². The van der Waals surface area contributed by atoms with Crippen LogP contribution in [0.25, 0.3) is 0 Å². The molecule has 1 saturated heterocycles. The molecule has 1 N–H and O–H groups in total. The van der Waals surface area contributed by atoms with Crippen molar-refractivity contribution < 1.29 is 0 Å². The van der Waals surface area contributed by atoms with Gasteiger partial charge in [0.25, 0.3) is 0 Å². The molecule has 1 aromatic heterocycles. The topological polar surface area (TPSA) is 56.7 Å². The quantitative estimate of drug-likeness (QED) is 0.362. The highest BCUT2D eigenvalue weighted by atomic mass is 127. The zero-order valence-electron chi connectivity index (χ0n) is 11.7. The van der Waals surface area contributed by atoms with Crippen molar-refractivity contribution in [1.82, 2.24) is 20.2 Å². The summed E-state index contributed by atoms with van der Waals surface area (Å²) >= 11 is 0. The molecule has 7 heteroatoms. The molecule has 0 atom stereocenters. The van der Waals surface area contributed by atoms with E-state index in [0.717, 1.165) is 44.6 Å². The maximum atomic E-state index is 4.28. The number of nitrogens with zero attached hydrogens (tertiary/aromatic N) is 5. The van der Waals surface area contributed by atoms with Gasteiger partial charge in [0.05, 0.1) is 0 Å². The molecule has 1 aliphatic heterocycles. The van der Waals surface area contributed by atoms with Gasteiger partial charge in [-0.1, -0.05) is 6.08 Å². The lowest BCUT2D eigenvalue weighted by Gasteiger charge is -2.36. The summed E-state index contributed by atoms with van der Waals surface area (Å²) in [5.41, 5.74) is 0. The lowest BCUT2D eigenvalue weighted by molar-refractivity contribution is 0.372. The molecule has 1 aromatic rings. The van der Waals surface area contributed by atoms with E-state index >= 15 is 0 Å². The van der Waals surface area contributed by atoms with Crippen molar-refractivity contribution in [2.75, 3.05) is 44.7 Å². The minimum absolute atomic E-state index is 0. The first-order valence-corrected chi connectivity index (χ1v) is 6.43. The second-order valence-electron chi connectivity index (χ2n) is 4.24. The van der Waals surface area contributed by atoms with E-state index in [1.54, 1.807) is 19.4 Å². The predicted molar refractivity (Wildman–Crippen MR) is 92.8 cm³/mol. The van der Waals surface area contributed by atoms with E-state index < -0.39 is 0 Å². The van der Waals surface area contributed by atoms with Gasteiger partial charge in [-0.15, -0.1) is 30.6 Å². The first kappa shape index (κ1) is 16.7. The lowest BCUT2D eigenvalue weighted by Crippen LogP contribution is -2.52. The zero-order chi connectivity index (χ0) is 13.5. The summed E-state index contributed by atoms with van der Waals surface area (Å²) in [5.74, 6) is 1.73. The molecule has 1 aliphatic rings. The van der Waals surface area contributed by atoms with Gasteiger partial charge in [-0.3, -0.25) is 4.99 Å². The third-order valence-corrected chi connectivity index (χ3v) is 3.03. The van der Waals surface area contributed by atoms with Gasteiger partial charge in [0.1, 0.15) is 0 Å². The van der Waals surface area contributed by atoms with Crippen molar-refractivity contribution >= 4 is 35.9 Å². The number of anilines is 1. The fraction of sp³-hybridized carbons (Fsp3) is 0.462. The molecule has 0 radical (unpaired) electrons. The highest BCUT2D eigenvalue weighted by Crippen LogP contribution is 2.09. The van der Waals surface area contributed by atoms with Crippen molar-refractivity contribution in [2.45, 2.75) is 0 Å². The van der Waals surface area contributed by atoms with E-state index in [-0.39, 0.29) is 24.0 Å². The Balaban J connectivity index is 0.00000200. The summed E-state index contributed by atoms with van der Waals surface area (Å²) in [7, 11) is 1.80. The van der Waals surface area contributed by atoms with Gasteiger partial charge < -0.3 is 15.1 Å². The van der Waals surface area contributed by atoms with Crippen LogP contribution in [0.5, 0.6) is 0 Å². The van der Waals surface area contributed by atoms with E-state index in [9.17, 15) is 0 Å². The molecular formula is C13H21IN6. The highest BCUT2D eigenvalue weighted by molar-refractivity contribution is 14.0. The predicted octanol–water partition coefficient (Wildman–Crippen LogP) is 0.978. The molecule has 20 heavy (non-hydrogen) atoms. The van der Waals surface area contributed by atoms with Crippen LogP contribution < -0.4 is 10.2 Å². The van der Waals surface area contributed by atoms with E-state index in [2.05, 4.69) is 36.7 Å². The van der Waals surface area contributed by atoms with Gasteiger partial charge in [0, 0.05) is 52.2 Å². The van der Waals surface area contributed by atoms with Gasteiger partial charge in [0.15, 0.2) is 5.96 Å². The maximum absolute atomic E-state index is 4.28. The lowest BCUT2D eigenvalue weighted by atomic mass is 10.3. The Morgan fingerprint density at radius 2 is 2.00 bits per heavy atom. The Bertz CT molecular complexity index is 428. The molecule has 0 unspecified atom stereocenters. The van der Waals surface area contributed by atoms with Gasteiger partial charge in [0.2, 0.25) is 5.95 Å². The van der Waals surface area contributed by atoms with Crippen LogP contribution in [-0.2, 0) is 0 Å². The number of hydrogen-bond donors (Lipinski definition) is 1. The average molecular weight is 388 g/mol. The van der Waals surface area contributed by atoms with E-state index in [4.69, 9.17) is 0 Å². The summed E-state index contributed by atoms with van der Waals surface area (Å²) in [5, 5.41) is 3.25. The maximum Gasteiger partial charge on any atom is 0.225 e. The molecule has 0 spiro atoms. The van der Waals surface area contributed by atoms with Crippen LogP contribution in [0.15, 0.2) is 36.1 Å². The third-order valence-electron chi connectivity index (χ3n) is 3.03.